The quantitative estimate of drug-likeness (QED) is 0.647. The van der Waals surface area contributed by atoms with E-state index in [-0.39, 0.29) is 23.9 Å². The van der Waals surface area contributed by atoms with Gasteiger partial charge in [0.1, 0.15) is 0 Å². The number of nitrogens with zero attached hydrogens (tertiary/aromatic N) is 2. The molecule has 2 aromatic rings. The second-order valence-electron chi connectivity index (χ2n) is 7.57. The Balaban J connectivity index is 1.71. The summed E-state index contributed by atoms with van der Waals surface area (Å²) in [5.41, 5.74) is 1.89. The van der Waals surface area contributed by atoms with E-state index in [2.05, 4.69) is 0 Å². The molecule has 0 bridgehead atoms. The van der Waals surface area contributed by atoms with Crippen LogP contribution in [0.2, 0.25) is 0 Å². The summed E-state index contributed by atoms with van der Waals surface area (Å²) in [6, 6.07) is 7.73. The predicted octanol–water partition coefficient (Wildman–Crippen LogP) is 1.85. The van der Waals surface area contributed by atoms with Gasteiger partial charge in [-0.3, -0.25) is 4.79 Å². The van der Waals surface area contributed by atoms with Crippen LogP contribution in [0.4, 0.5) is 0 Å². The zero-order valence-corrected chi connectivity index (χ0v) is 19.3. The fourth-order valence-corrected chi connectivity index (χ4v) is 5.74. The van der Waals surface area contributed by atoms with Crippen LogP contribution < -0.4 is 18.9 Å². The number of benzene rings is 2. The van der Waals surface area contributed by atoms with Crippen LogP contribution in [0.15, 0.2) is 35.2 Å². The molecule has 172 valence electrons. The van der Waals surface area contributed by atoms with E-state index in [0.29, 0.717) is 36.0 Å². The second kappa shape index (κ2) is 8.51. The highest BCUT2D eigenvalue weighted by atomic mass is 32.2. The molecular formula is C22H26N2O7S. The number of fused-ring (bicyclic) bond motifs is 3. The van der Waals surface area contributed by atoms with E-state index in [1.165, 1.54) is 36.7 Å². The van der Waals surface area contributed by atoms with E-state index < -0.39 is 16.1 Å². The Bertz CT molecular complexity index is 1150. The van der Waals surface area contributed by atoms with Crippen LogP contribution in [0.25, 0.3) is 0 Å². The monoisotopic (exact) mass is 462 g/mol. The summed E-state index contributed by atoms with van der Waals surface area (Å²) in [5.74, 6) is 1.65. The minimum absolute atomic E-state index is 0.0414. The summed E-state index contributed by atoms with van der Waals surface area (Å²) in [6.45, 7) is 0.455. The van der Waals surface area contributed by atoms with Gasteiger partial charge in [-0.1, -0.05) is 0 Å². The van der Waals surface area contributed by atoms with Gasteiger partial charge in [0.2, 0.25) is 15.9 Å². The molecule has 9 nitrogen and oxygen atoms in total. The molecule has 2 heterocycles. The maximum absolute atomic E-state index is 13.4. The average Bonchev–Trinajstić information content (AvgIpc) is 2.82. The highest BCUT2D eigenvalue weighted by Crippen LogP contribution is 2.41. The van der Waals surface area contributed by atoms with Gasteiger partial charge in [0.25, 0.3) is 0 Å². The molecule has 10 heteroatoms. The molecule has 0 radical (unpaired) electrons. The summed E-state index contributed by atoms with van der Waals surface area (Å²) in [4.78, 5) is 14.7. The SMILES string of the molecule is COc1ccc(S(=O)(=O)N2CC(=O)N3CCc4cc(OC)c(OC)cc4C3C2)cc1OC. The standard InChI is InChI=1S/C22H26N2O7S/c1-28-18-6-5-15(10-20(18)30-3)32(26,27)23-12-17-16-11-21(31-4)19(29-2)9-14(16)7-8-24(17)22(25)13-23/h5-6,9-11,17H,7-8,12-13H2,1-4H3. The Morgan fingerprint density at radius 2 is 1.50 bits per heavy atom. The summed E-state index contributed by atoms with van der Waals surface area (Å²) >= 11 is 0. The number of carbonyl (C=O) groups is 1. The van der Waals surface area contributed by atoms with Crippen molar-refractivity contribution in [1.82, 2.24) is 9.21 Å². The van der Waals surface area contributed by atoms with Gasteiger partial charge in [-0.05, 0) is 41.8 Å². The van der Waals surface area contributed by atoms with Crippen LogP contribution in [0.1, 0.15) is 17.2 Å². The third-order valence-corrected chi connectivity index (χ3v) is 7.81. The highest BCUT2D eigenvalue weighted by molar-refractivity contribution is 7.89. The third kappa shape index (κ3) is 3.63. The molecule has 0 saturated carbocycles. The Morgan fingerprint density at radius 1 is 0.875 bits per heavy atom. The Hall–Kier alpha value is -2.98. The minimum atomic E-state index is -3.94. The van der Waals surface area contributed by atoms with Gasteiger partial charge in [-0.15, -0.1) is 0 Å². The van der Waals surface area contributed by atoms with E-state index >= 15 is 0 Å². The number of methoxy groups -OCH3 is 4. The lowest BCUT2D eigenvalue weighted by Crippen LogP contribution is -2.55. The number of hydrogen-bond donors (Lipinski definition) is 0. The van der Waals surface area contributed by atoms with Gasteiger partial charge in [0.05, 0.1) is 45.9 Å². The zero-order valence-electron chi connectivity index (χ0n) is 18.5. The van der Waals surface area contributed by atoms with E-state index in [1.807, 2.05) is 12.1 Å². The van der Waals surface area contributed by atoms with Crippen molar-refractivity contribution >= 4 is 15.9 Å². The summed E-state index contributed by atoms with van der Waals surface area (Å²) in [5, 5.41) is 0. The molecule has 0 aliphatic carbocycles. The molecule has 4 rings (SSSR count). The number of carbonyl (C=O) groups excluding carboxylic acids is 1. The van der Waals surface area contributed by atoms with Crippen molar-refractivity contribution in [2.45, 2.75) is 17.4 Å². The van der Waals surface area contributed by atoms with Crippen LogP contribution in [-0.2, 0) is 21.2 Å². The molecule has 0 spiro atoms. The first-order valence-electron chi connectivity index (χ1n) is 10.1. The predicted molar refractivity (Wildman–Crippen MR) is 116 cm³/mol. The molecule has 1 unspecified atom stereocenters. The number of amides is 1. The number of ether oxygens (including phenoxy) is 4. The normalized spacial score (nSPS) is 18.6. The van der Waals surface area contributed by atoms with E-state index in [1.54, 1.807) is 19.1 Å². The van der Waals surface area contributed by atoms with Crippen molar-refractivity contribution < 1.29 is 32.2 Å². The van der Waals surface area contributed by atoms with E-state index in [4.69, 9.17) is 18.9 Å². The van der Waals surface area contributed by atoms with Crippen molar-refractivity contribution in [2.24, 2.45) is 0 Å². The van der Waals surface area contributed by atoms with E-state index in [0.717, 1.165) is 11.1 Å². The molecule has 1 amide bonds. The number of rotatable bonds is 6. The fraction of sp³-hybridized carbons (Fsp3) is 0.409. The minimum Gasteiger partial charge on any atom is -0.493 e. The number of piperazine rings is 1. The molecule has 1 fully saturated rings. The first kappa shape index (κ1) is 22.2. The molecule has 1 saturated heterocycles. The van der Waals surface area contributed by atoms with Gasteiger partial charge in [-0.25, -0.2) is 8.42 Å². The molecule has 2 aliphatic heterocycles. The Labute approximate surface area is 187 Å². The third-order valence-electron chi connectivity index (χ3n) is 6.00. The van der Waals surface area contributed by atoms with Gasteiger partial charge in [0, 0.05) is 19.2 Å². The summed E-state index contributed by atoms with van der Waals surface area (Å²) < 4.78 is 49.4. The summed E-state index contributed by atoms with van der Waals surface area (Å²) in [7, 11) is 2.10. The van der Waals surface area contributed by atoms with Crippen LogP contribution in [0.3, 0.4) is 0 Å². The van der Waals surface area contributed by atoms with Crippen molar-refractivity contribution in [3.05, 3.63) is 41.5 Å². The van der Waals surface area contributed by atoms with E-state index in [9.17, 15) is 13.2 Å². The zero-order chi connectivity index (χ0) is 23.0. The van der Waals surface area contributed by atoms with Crippen molar-refractivity contribution in [1.29, 1.82) is 0 Å². The molecule has 0 aromatic heterocycles. The summed E-state index contributed by atoms with van der Waals surface area (Å²) in [6.07, 6.45) is 0.667. The molecule has 1 atom stereocenters. The van der Waals surface area contributed by atoms with Gasteiger partial charge >= 0.3 is 0 Å². The molecule has 2 aromatic carbocycles. The lowest BCUT2D eigenvalue weighted by atomic mass is 9.90. The van der Waals surface area contributed by atoms with Crippen molar-refractivity contribution in [2.75, 3.05) is 48.1 Å². The van der Waals surface area contributed by atoms with Gasteiger partial charge in [-0.2, -0.15) is 4.31 Å². The van der Waals surface area contributed by atoms with Crippen molar-refractivity contribution in [3.63, 3.8) is 0 Å². The maximum Gasteiger partial charge on any atom is 0.243 e. The van der Waals surface area contributed by atoms with Gasteiger partial charge < -0.3 is 23.8 Å². The first-order valence-corrected chi connectivity index (χ1v) is 11.5. The molecule has 2 aliphatic rings. The second-order valence-corrected chi connectivity index (χ2v) is 9.51. The van der Waals surface area contributed by atoms with Crippen molar-refractivity contribution in [3.8, 4) is 23.0 Å². The molecule has 32 heavy (non-hydrogen) atoms. The number of sulfonamides is 1. The van der Waals surface area contributed by atoms with Crippen LogP contribution >= 0.6 is 0 Å². The number of hydrogen-bond acceptors (Lipinski definition) is 7. The molecule has 0 N–H and O–H groups in total. The Kier molecular flexibility index (Phi) is 5.91. The lowest BCUT2D eigenvalue weighted by Gasteiger charge is -2.44. The topological polar surface area (TPSA) is 94.6 Å². The maximum atomic E-state index is 13.4. The first-order chi connectivity index (χ1) is 15.3. The Morgan fingerprint density at radius 3 is 2.16 bits per heavy atom. The lowest BCUT2D eigenvalue weighted by molar-refractivity contribution is -0.138. The smallest absolute Gasteiger partial charge is 0.243 e. The van der Waals surface area contributed by atoms with Gasteiger partial charge in [0.15, 0.2) is 23.0 Å². The van der Waals surface area contributed by atoms with Crippen LogP contribution in [0.5, 0.6) is 23.0 Å². The highest BCUT2D eigenvalue weighted by Gasteiger charge is 2.42. The van der Waals surface area contributed by atoms with Crippen LogP contribution in [-0.4, -0.2) is 71.6 Å². The fourth-order valence-electron chi connectivity index (χ4n) is 4.33. The largest absolute Gasteiger partial charge is 0.493 e. The average molecular weight is 463 g/mol. The van der Waals surface area contributed by atoms with Crippen LogP contribution in [0, 0.1) is 0 Å². The molecular weight excluding hydrogens is 436 g/mol.